The van der Waals surface area contributed by atoms with Crippen LogP contribution in [0.1, 0.15) is 33.3 Å². The van der Waals surface area contributed by atoms with Crippen LogP contribution in [0.15, 0.2) is 34.0 Å². The molecule has 1 N–H and O–H groups in total. The first kappa shape index (κ1) is 21.5. The quantitative estimate of drug-likeness (QED) is 0.427. The molecule has 0 spiro atoms. The lowest BCUT2D eigenvalue weighted by Gasteiger charge is -2.01. The van der Waals surface area contributed by atoms with E-state index in [1.165, 1.54) is 0 Å². The van der Waals surface area contributed by atoms with Crippen LogP contribution >= 0.6 is 23.1 Å². The maximum atomic E-state index is 12.3. The maximum Gasteiger partial charge on any atom is 0.348 e. The van der Waals surface area contributed by atoms with Gasteiger partial charge in [0.1, 0.15) is 15.9 Å². The summed E-state index contributed by atoms with van der Waals surface area (Å²) in [5, 5.41) is 16.6. The van der Waals surface area contributed by atoms with E-state index >= 15 is 0 Å². The van der Waals surface area contributed by atoms with E-state index in [4.69, 9.17) is 9.26 Å². The molecule has 1 amide bonds. The number of thioether (sulfide) groups is 1. The average molecular weight is 443 g/mol. The molecule has 10 heteroatoms. The first-order valence-corrected chi connectivity index (χ1v) is 10.8. The highest BCUT2D eigenvalue weighted by atomic mass is 32.2. The third-order valence-electron chi connectivity index (χ3n) is 4.02. The van der Waals surface area contributed by atoms with E-state index in [0.717, 1.165) is 34.2 Å². The topological polar surface area (TPSA) is 118 Å². The highest BCUT2D eigenvalue weighted by Crippen LogP contribution is 2.33. The molecule has 0 bridgehead atoms. The molecule has 0 aliphatic carbocycles. The Morgan fingerprint density at radius 1 is 1.30 bits per heavy atom. The van der Waals surface area contributed by atoms with Crippen LogP contribution < -0.4 is 5.32 Å². The highest BCUT2D eigenvalue weighted by Gasteiger charge is 2.22. The van der Waals surface area contributed by atoms with Crippen molar-refractivity contribution in [3.8, 4) is 17.5 Å². The molecule has 0 fully saturated rings. The van der Waals surface area contributed by atoms with Gasteiger partial charge >= 0.3 is 5.97 Å². The summed E-state index contributed by atoms with van der Waals surface area (Å²) < 4.78 is 10.2. The van der Waals surface area contributed by atoms with E-state index in [1.807, 2.05) is 37.3 Å². The zero-order valence-electron chi connectivity index (χ0n) is 16.5. The fraction of sp³-hybridized carbons (Fsp3) is 0.250. The van der Waals surface area contributed by atoms with Crippen LogP contribution in [-0.2, 0) is 9.53 Å². The normalized spacial score (nSPS) is 10.5. The summed E-state index contributed by atoms with van der Waals surface area (Å²) in [6.45, 7) is 5.57. The third kappa shape index (κ3) is 4.87. The molecule has 0 saturated carbocycles. The molecule has 0 radical (unpaired) electrons. The Labute approximate surface area is 181 Å². The zero-order chi connectivity index (χ0) is 21.7. The molecular formula is C20H18N4O4S2. The van der Waals surface area contributed by atoms with E-state index in [0.29, 0.717) is 21.3 Å². The number of hydrogen-bond donors (Lipinski definition) is 1. The lowest BCUT2D eigenvalue weighted by atomic mass is 10.1. The molecular weight excluding hydrogens is 424 g/mol. The van der Waals surface area contributed by atoms with Crippen molar-refractivity contribution in [1.29, 1.82) is 5.26 Å². The van der Waals surface area contributed by atoms with Gasteiger partial charge in [-0.2, -0.15) is 10.2 Å². The molecule has 1 aromatic carbocycles. The summed E-state index contributed by atoms with van der Waals surface area (Å²) in [6.07, 6.45) is 0. The summed E-state index contributed by atoms with van der Waals surface area (Å²) in [5.74, 6) is -0.423. The van der Waals surface area contributed by atoms with Gasteiger partial charge in [0.25, 0.3) is 5.22 Å². The number of nitrogens with one attached hydrogen (secondary N) is 1. The maximum absolute atomic E-state index is 12.3. The fourth-order valence-corrected chi connectivity index (χ4v) is 4.14. The number of carbonyl (C=O) groups is 2. The van der Waals surface area contributed by atoms with Gasteiger partial charge in [-0.3, -0.25) is 4.79 Å². The number of carbonyl (C=O) groups excluding carboxylic acids is 2. The molecule has 3 aromatic rings. The molecule has 2 heterocycles. The van der Waals surface area contributed by atoms with Crippen LogP contribution in [0.4, 0.5) is 5.00 Å². The zero-order valence-corrected chi connectivity index (χ0v) is 18.1. The number of rotatable bonds is 7. The molecule has 8 nitrogen and oxygen atoms in total. The van der Waals surface area contributed by atoms with Crippen LogP contribution in [0.2, 0.25) is 0 Å². The minimum absolute atomic E-state index is 0.00604. The van der Waals surface area contributed by atoms with Crippen molar-refractivity contribution in [2.45, 2.75) is 26.0 Å². The Bertz CT molecular complexity index is 1110. The van der Waals surface area contributed by atoms with Crippen LogP contribution in [0.25, 0.3) is 11.4 Å². The minimum atomic E-state index is -0.513. The number of esters is 1. The van der Waals surface area contributed by atoms with Gasteiger partial charge in [0, 0.05) is 5.56 Å². The van der Waals surface area contributed by atoms with Crippen molar-refractivity contribution in [3.05, 3.63) is 45.8 Å². The van der Waals surface area contributed by atoms with Crippen molar-refractivity contribution in [3.63, 3.8) is 0 Å². The minimum Gasteiger partial charge on any atom is -0.462 e. The van der Waals surface area contributed by atoms with E-state index in [1.54, 1.807) is 13.8 Å². The SMILES string of the molecule is CCOC(=O)c1sc(NC(=O)CSc2nc(-c3ccc(C)cc3)no2)c(C#N)c1C. The molecule has 0 saturated heterocycles. The second kappa shape index (κ2) is 9.56. The lowest BCUT2D eigenvalue weighted by molar-refractivity contribution is -0.113. The smallest absolute Gasteiger partial charge is 0.348 e. The van der Waals surface area contributed by atoms with Crippen molar-refractivity contribution in [2.24, 2.45) is 0 Å². The van der Waals surface area contributed by atoms with Crippen LogP contribution in [0, 0.1) is 25.2 Å². The van der Waals surface area contributed by atoms with E-state index in [9.17, 15) is 14.9 Å². The summed E-state index contributed by atoms with van der Waals surface area (Å²) in [4.78, 5) is 28.9. The molecule has 2 aromatic heterocycles. The van der Waals surface area contributed by atoms with E-state index < -0.39 is 5.97 Å². The van der Waals surface area contributed by atoms with Crippen molar-refractivity contribution >= 4 is 40.0 Å². The molecule has 154 valence electrons. The monoisotopic (exact) mass is 442 g/mol. The van der Waals surface area contributed by atoms with Gasteiger partial charge in [0.2, 0.25) is 11.7 Å². The summed E-state index contributed by atoms with van der Waals surface area (Å²) in [6, 6.07) is 9.72. The Hall–Kier alpha value is -3.16. The second-order valence-electron chi connectivity index (χ2n) is 6.18. The average Bonchev–Trinajstić information content (AvgIpc) is 3.31. The Morgan fingerprint density at radius 3 is 2.70 bits per heavy atom. The largest absolute Gasteiger partial charge is 0.462 e. The number of amides is 1. The van der Waals surface area contributed by atoms with Crippen LogP contribution in [-0.4, -0.2) is 34.4 Å². The van der Waals surface area contributed by atoms with Crippen LogP contribution in [0.3, 0.4) is 0 Å². The predicted octanol–water partition coefficient (Wildman–Crippen LogP) is 4.19. The Balaban J connectivity index is 1.64. The lowest BCUT2D eigenvalue weighted by Crippen LogP contribution is -2.13. The number of nitrogens with zero attached hydrogens (tertiary/aromatic N) is 3. The number of hydrogen-bond acceptors (Lipinski definition) is 9. The summed E-state index contributed by atoms with van der Waals surface area (Å²) in [5.41, 5.74) is 2.68. The van der Waals surface area contributed by atoms with Gasteiger partial charge in [-0.05, 0) is 26.3 Å². The van der Waals surface area contributed by atoms with Gasteiger partial charge in [-0.1, -0.05) is 46.7 Å². The number of thiophene rings is 1. The second-order valence-corrected chi connectivity index (χ2v) is 8.13. The molecule has 0 aliphatic heterocycles. The van der Waals surface area contributed by atoms with Crippen molar-refractivity contribution < 1.29 is 18.8 Å². The van der Waals surface area contributed by atoms with Crippen molar-refractivity contribution in [2.75, 3.05) is 17.7 Å². The van der Waals surface area contributed by atoms with Gasteiger partial charge in [0.15, 0.2) is 0 Å². The summed E-state index contributed by atoms with van der Waals surface area (Å²) >= 11 is 2.10. The Morgan fingerprint density at radius 2 is 2.03 bits per heavy atom. The molecule has 30 heavy (non-hydrogen) atoms. The standard InChI is InChI=1S/C20H18N4O4S2/c1-4-27-19(26)16-12(3)14(9-21)18(30-16)22-15(25)10-29-20-23-17(24-28-20)13-7-5-11(2)6-8-13/h5-8H,4,10H2,1-3H3,(H,22,25). The van der Waals surface area contributed by atoms with E-state index in [-0.39, 0.29) is 29.1 Å². The first-order chi connectivity index (χ1) is 14.4. The number of anilines is 1. The van der Waals surface area contributed by atoms with Crippen LogP contribution in [0.5, 0.6) is 0 Å². The predicted molar refractivity (Wildman–Crippen MR) is 114 cm³/mol. The van der Waals surface area contributed by atoms with Gasteiger partial charge in [0.05, 0.1) is 17.9 Å². The number of aryl methyl sites for hydroxylation is 1. The third-order valence-corrected chi connectivity index (χ3v) is 6.02. The molecule has 0 aliphatic rings. The number of nitriles is 1. The summed E-state index contributed by atoms with van der Waals surface area (Å²) in [7, 11) is 0. The first-order valence-electron chi connectivity index (χ1n) is 8.97. The molecule has 0 atom stereocenters. The number of ether oxygens (including phenoxy) is 1. The van der Waals surface area contributed by atoms with Gasteiger partial charge in [-0.15, -0.1) is 11.3 Å². The van der Waals surface area contributed by atoms with E-state index in [2.05, 4.69) is 15.5 Å². The van der Waals surface area contributed by atoms with Gasteiger partial charge < -0.3 is 14.6 Å². The Kier molecular flexibility index (Phi) is 6.87. The highest BCUT2D eigenvalue weighted by molar-refractivity contribution is 7.99. The molecule has 3 rings (SSSR count). The number of benzene rings is 1. The fourth-order valence-electron chi connectivity index (χ4n) is 2.51. The molecule has 0 unspecified atom stereocenters. The number of aromatic nitrogens is 2. The van der Waals surface area contributed by atoms with Crippen molar-refractivity contribution in [1.82, 2.24) is 10.1 Å². The van der Waals surface area contributed by atoms with Gasteiger partial charge in [-0.25, -0.2) is 4.79 Å².